The molecule has 5 rings (SSSR count). The fraction of sp³-hybridized carbons (Fsp3) is 0.231. The van der Waals surface area contributed by atoms with Crippen molar-refractivity contribution < 1.29 is 14.3 Å². The van der Waals surface area contributed by atoms with E-state index in [1.54, 1.807) is 14.2 Å². The van der Waals surface area contributed by atoms with Crippen LogP contribution in [0, 0.1) is 0 Å². The molecule has 0 bridgehead atoms. The van der Waals surface area contributed by atoms with Gasteiger partial charge < -0.3 is 18.9 Å². The topological polar surface area (TPSA) is 56.6 Å². The predicted octanol–water partition coefficient (Wildman–Crippen LogP) is 4.70. The maximum atomic E-state index is 13.5. The molecule has 0 spiro atoms. The number of para-hydroxylation sites is 3. The molecule has 0 fully saturated rings. The average molecular weight is 428 g/mol. The zero-order chi connectivity index (χ0) is 22.1. The van der Waals surface area contributed by atoms with Gasteiger partial charge >= 0.3 is 0 Å². The zero-order valence-electron chi connectivity index (χ0n) is 18.2. The van der Waals surface area contributed by atoms with Crippen molar-refractivity contribution in [3.05, 3.63) is 72.3 Å². The number of carbonyl (C=O) groups excluding carboxylic acids is 1. The van der Waals surface area contributed by atoms with E-state index in [1.807, 2.05) is 70.1 Å². The molecule has 6 nitrogen and oxygen atoms in total. The number of rotatable bonds is 5. The van der Waals surface area contributed by atoms with Gasteiger partial charge in [0.25, 0.3) is 0 Å². The number of nitrogens with zero attached hydrogens (tertiary/aromatic N) is 3. The van der Waals surface area contributed by atoms with E-state index < -0.39 is 0 Å². The molecule has 32 heavy (non-hydrogen) atoms. The highest BCUT2D eigenvalue weighted by molar-refractivity contribution is 5.96. The fourth-order valence-electron chi connectivity index (χ4n) is 4.44. The number of imidazole rings is 1. The second-order valence-corrected chi connectivity index (χ2v) is 7.86. The van der Waals surface area contributed by atoms with Gasteiger partial charge in [-0.3, -0.25) is 4.79 Å². The van der Waals surface area contributed by atoms with Crippen molar-refractivity contribution in [2.45, 2.75) is 19.4 Å². The maximum absolute atomic E-state index is 13.5. The second-order valence-electron chi connectivity index (χ2n) is 7.86. The minimum Gasteiger partial charge on any atom is -0.493 e. The second kappa shape index (κ2) is 8.38. The van der Waals surface area contributed by atoms with Gasteiger partial charge in [0.05, 0.1) is 25.3 Å². The Labute approximate surface area is 187 Å². The summed E-state index contributed by atoms with van der Waals surface area (Å²) in [5.41, 5.74) is 4.88. The van der Waals surface area contributed by atoms with E-state index in [9.17, 15) is 4.79 Å². The Balaban J connectivity index is 1.57. The number of amides is 1. The Kier molecular flexibility index (Phi) is 5.27. The first-order chi connectivity index (χ1) is 15.7. The van der Waals surface area contributed by atoms with Crippen LogP contribution in [0.2, 0.25) is 0 Å². The number of aryl methyl sites for hydroxylation is 1. The molecule has 1 aromatic heterocycles. The number of benzene rings is 3. The average Bonchev–Trinajstić information content (AvgIpc) is 3.21. The van der Waals surface area contributed by atoms with Crippen molar-refractivity contribution in [2.75, 3.05) is 25.7 Å². The molecule has 0 aliphatic carbocycles. The van der Waals surface area contributed by atoms with Crippen LogP contribution in [0.1, 0.15) is 12.0 Å². The first-order valence-electron chi connectivity index (χ1n) is 10.8. The van der Waals surface area contributed by atoms with Crippen LogP contribution in [0.4, 0.5) is 5.69 Å². The number of fused-ring (bicyclic) bond motifs is 2. The third kappa shape index (κ3) is 3.47. The quantitative estimate of drug-likeness (QED) is 0.463. The number of carbonyl (C=O) groups is 1. The van der Waals surface area contributed by atoms with E-state index in [-0.39, 0.29) is 12.5 Å². The van der Waals surface area contributed by atoms with Crippen LogP contribution >= 0.6 is 0 Å². The Morgan fingerprint density at radius 3 is 2.59 bits per heavy atom. The van der Waals surface area contributed by atoms with Crippen molar-refractivity contribution in [1.82, 2.24) is 9.55 Å². The molecule has 0 N–H and O–H groups in total. The Hall–Kier alpha value is -3.80. The molecular weight excluding hydrogens is 402 g/mol. The van der Waals surface area contributed by atoms with Gasteiger partial charge in [0.1, 0.15) is 12.4 Å². The molecule has 0 atom stereocenters. The number of aromatic nitrogens is 2. The van der Waals surface area contributed by atoms with Crippen molar-refractivity contribution in [3.63, 3.8) is 0 Å². The van der Waals surface area contributed by atoms with Gasteiger partial charge in [0.2, 0.25) is 5.91 Å². The van der Waals surface area contributed by atoms with Crippen LogP contribution in [0.15, 0.2) is 66.7 Å². The molecule has 0 saturated heterocycles. The van der Waals surface area contributed by atoms with Crippen LogP contribution in [0.5, 0.6) is 11.5 Å². The normalized spacial score (nSPS) is 13.1. The summed E-state index contributed by atoms with van der Waals surface area (Å²) >= 11 is 0. The fourth-order valence-corrected chi connectivity index (χ4v) is 4.44. The molecule has 4 aromatic rings. The third-order valence-corrected chi connectivity index (χ3v) is 6.00. The van der Waals surface area contributed by atoms with E-state index in [2.05, 4.69) is 6.07 Å². The van der Waals surface area contributed by atoms with Gasteiger partial charge in [-0.05, 0) is 54.8 Å². The summed E-state index contributed by atoms with van der Waals surface area (Å²) in [6.45, 7) is 0.937. The first-order valence-corrected chi connectivity index (χ1v) is 10.8. The molecule has 1 aliphatic rings. The number of hydrogen-bond donors (Lipinski definition) is 0. The third-order valence-electron chi connectivity index (χ3n) is 6.00. The Morgan fingerprint density at radius 1 is 0.969 bits per heavy atom. The summed E-state index contributed by atoms with van der Waals surface area (Å²) in [5.74, 6) is 2.06. The van der Waals surface area contributed by atoms with E-state index in [0.717, 1.165) is 47.5 Å². The van der Waals surface area contributed by atoms with Gasteiger partial charge in [0, 0.05) is 17.8 Å². The highest BCUT2D eigenvalue weighted by Crippen LogP contribution is 2.34. The molecule has 1 amide bonds. The monoisotopic (exact) mass is 427 g/mol. The first kappa shape index (κ1) is 20.1. The summed E-state index contributed by atoms with van der Waals surface area (Å²) in [6, 6.07) is 21.8. The summed E-state index contributed by atoms with van der Waals surface area (Å²) < 4.78 is 12.9. The molecule has 0 unspecified atom stereocenters. The van der Waals surface area contributed by atoms with E-state index in [4.69, 9.17) is 14.5 Å². The molecule has 3 aromatic carbocycles. The summed E-state index contributed by atoms with van der Waals surface area (Å²) in [5, 5.41) is 0. The van der Waals surface area contributed by atoms with Gasteiger partial charge in [0.15, 0.2) is 11.5 Å². The van der Waals surface area contributed by atoms with Crippen LogP contribution in [0.25, 0.3) is 22.4 Å². The highest BCUT2D eigenvalue weighted by atomic mass is 16.5. The maximum Gasteiger partial charge on any atom is 0.247 e. The number of methoxy groups -OCH3 is 2. The number of hydrogen-bond acceptors (Lipinski definition) is 4. The molecule has 162 valence electrons. The molecule has 1 aliphatic heterocycles. The van der Waals surface area contributed by atoms with E-state index >= 15 is 0 Å². The SMILES string of the molecule is COc1ccc(-c2nc3ccccc3n2CC(=O)N2CCCc3ccccc32)cc1OC. The number of anilines is 1. The van der Waals surface area contributed by atoms with Crippen LogP contribution in [0.3, 0.4) is 0 Å². The summed E-state index contributed by atoms with van der Waals surface area (Å²) in [6.07, 6.45) is 1.97. The van der Waals surface area contributed by atoms with Crippen molar-refractivity contribution in [1.29, 1.82) is 0 Å². The van der Waals surface area contributed by atoms with Crippen molar-refractivity contribution >= 4 is 22.6 Å². The van der Waals surface area contributed by atoms with Gasteiger partial charge in [-0.15, -0.1) is 0 Å². The minimum absolute atomic E-state index is 0.0574. The lowest BCUT2D eigenvalue weighted by atomic mass is 10.0. The Morgan fingerprint density at radius 2 is 1.75 bits per heavy atom. The predicted molar refractivity (Wildman–Crippen MR) is 125 cm³/mol. The standard InChI is InChI=1S/C26H25N3O3/c1-31-23-14-13-19(16-24(23)32-2)26-27-20-10-4-6-12-22(20)29(26)17-25(30)28-15-7-9-18-8-3-5-11-21(18)28/h3-6,8,10-14,16H,7,9,15,17H2,1-2H3. The van der Waals surface area contributed by atoms with Crippen LogP contribution in [-0.4, -0.2) is 36.2 Å². The van der Waals surface area contributed by atoms with E-state index in [1.165, 1.54) is 5.56 Å². The lowest BCUT2D eigenvalue weighted by molar-refractivity contribution is -0.119. The Bertz CT molecular complexity index is 1290. The highest BCUT2D eigenvalue weighted by Gasteiger charge is 2.24. The van der Waals surface area contributed by atoms with Gasteiger partial charge in [-0.2, -0.15) is 0 Å². The minimum atomic E-state index is 0.0574. The molecule has 2 heterocycles. The lowest BCUT2D eigenvalue weighted by Crippen LogP contribution is -2.37. The summed E-state index contributed by atoms with van der Waals surface area (Å²) in [4.78, 5) is 20.3. The van der Waals surface area contributed by atoms with Crippen molar-refractivity contribution in [3.8, 4) is 22.9 Å². The van der Waals surface area contributed by atoms with Crippen molar-refractivity contribution in [2.24, 2.45) is 0 Å². The smallest absolute Gasteiger partial charge is 0.247 e. The summed E-state index contributed by atoms with van der Waals surface area (Å²) in [7, 11) is 3.23. The van der Waals surface area contributed by atoms with Crippen LogP contribution in [-0.2, 0) is 17.8 Å². The van der Waals surface area contributed by atoms with Gasteiger partial charge in [-0.1, -0.05) is 30.3 Å². The molecule has 0 saturated carbocycles. The zero-order valence-corrected chi connectivity index (χ0v) is 18.2. The van der Waals surface area contributed by atoms with Crippen LogP contribution < -0.4 is 14.4 Å². The molecule has 6 heteroatoms. The molecular formula is C26H25N3O3. The largest absolute Gasteiger partial charge is 0.493 e. The van der Waals surface area contributed by atoms with Gasteiger partial charge in [-0.25, -0.2) is 4.98 Å². The molecule has 0 radical (unpaired) electrons. The lowest BCUT2D eigenvalue weighted by Gasteiger charge is -2.29. The van der Waals surface area contributed by atoms with E-state index in [0.29, 0.717) is 11.5 Å². The number of ether oxygens (including phenoxy) is 2.